The summed E-state index contributed by atoms with van der Waals surface area (Å²) in [4.78, 5) is 17.2. The van der Waals surface area contributed by atoms with Gasteiger partial charge in [-0.2, -0.15) is 0 Å². The molecular weight excluding hydrogens is 270 g/mol. The van der Waals surface area contributed by atoms with Gasteiger partial charge in [0.05, 0.1) is 16.2 Å². The van der Waals surface area contributed by atoms with Crippen LogP contribution in [-0.2, 0) is 0 Å². The lowest BCUT2D eigenvalue weighted by molar-refractivity contribution is -0.384. The topological polar surface area (TPSA) is 91.5 Å². The smallest absolute Gasteiger partial charge is 0.269 e. The molecule has 0 saturated heterocycles. The van der Waals surface area contributed by atoms with E-state index in [4.69, 9.17) is 0 Å². The third kappa shape index (κ3) is 2.46. The fourth-order valence-corrected chi connectivity index (χ4v) is 2.08. The van der Waals surface area contributed by atoms with E-state index in [1.807, 2.05) is 24.3 Å². The van der Waals surface area contributed by atoms with Crippen LogP contribution in [0.5, 0.6) is 5.88 Å². The van der Waals surface area contributed by atoms with Crippen molar-refractivity contribution in [2.45, 2.75) is 0 Å². The molecule has 0 atom stereocenters. The molecule has 1 heterocycles. The minimum Gasteiger partial charge on any atom is -0.494 e. The number of benzene rings is 2. The number of hydrogen-bond donors (Lipinski definition) is 2. The molecule has 3 aromatic rings. The van der Waals surface area contributed by atoms with E-state index < -0.39 is 4.92 Å². The maximum Gasteiger partial charge on any atom is 0.269 e. The first-order chi connectivity index (χ1) is 10.1. The van der Waals surface area contributed by atoms with E-state index in [0.29, 0.717) is 11.3 Å². The van der Waals surface area contributed by atoms with Crippen molar-refractivity contribution >= 4 is 28.5 Å². The summed E-state index contributed by atoms with van der Waals surface area (Å²) in [5.74, 6) is 0.0434. The van der Waals surface area contributed by atoms with E-state index in [0.717, 1.165) is 10.9 Å². The highest BCUT2D eigenvalue weighted by atomic mass is 16.6. The number of aromatic hydroxyl groups is 1. The Morgan fingerprint density at radius 2 is 1.86 bits per heavy atom. The summed E-state index contributed by atoms with van der Waals surface area (Å²) in [5.41, 5.74) is 2.00. The molecule has 0 spiro atoms. The van der Waals surface area contributed by atoms with Gasteiger partial charge in [-0.1, -0.05) is 18.2 Å². The first-order valence-corrected chi connectivity index (χ1v) is 6.23. The fourth-order valence-electron chi connectivity index (χ4n) is 2.08. The van der Waals surface area contributed by atoms with E-state index in [2.05, 4.69) is 9.98 Å². The Bertz CT molecular complexity index is 835. The summed E-state index contributed by atoms with van der Waals surface area (Å²) in [6, 6.07) is 13.4. The molecule has 0 fully saturated rings. The minimum atomic E-state index is -0.459. The van der Waals surface area contributed by atoms with Crippen LogP contribution in [0.15, 0.2) is 53.5 Å². The predicted octanol–water partition coefficient (Wildman–Crippen LogP) is 3.53. The van der Waals surface area contributed by atoms with Gasteiger partial charge >= 0.3 is 0 Å². The number of para-hydroxylation sites is 1. The quantitative estimate of drug-likeness (QED) is 0.437. The average Bonchev–Trinajstić information content (AvgIpc) is 2.81. The van der Waals surface area contributed by atoms with Crippen molar-refractivity contribution in [2.24, 2.45) is 4.99 Å². The zero-order valence-corrected chi connectivity index (χ0v) is 10.9. The van der Waals surface area contributed by atoms with Crippen molar-refractivity contribution in [2.75, 3.05) is 0 Å². The van der Waals surface area contributed by atoms with Crippen LogP contribution in [0.1, 0.15) is 5.56 Å². The number of nitro groups is 1. The number of aromatic amines is 1. The summed E-state index contributed by atoms with van der Waals surface area (Å²) < 4.78 is 0. The molecular formula is C15H11N3O3. The number of nitro benzene ring substituents is 1. The molecule has 104 valence electrons. The monoisotopic (exact) mass is 281 g/mol. The van der Waals surface area contributed by atoms with Crippen molar-refractivity contribution in [1.82, 2.24) is 4.98 Å². The predicted molar refractivity (Wildman–Crippen MR) is 80.3 cm³/mol. The zero-order valence-electron chi connectivity index (χ0n) is 10.9. The number of nitrogens with zero attached hydrogens (tertiary/aromatic N) is 2. The Kier molecular flexibility index (Phi) is 3.12. The Balaban J connectivity index is 1.94. The number of H-pyrrole nitrogens is 1. The molecule has 2 aromatic carbocycles. The molecule has 2 N–H and O–H groups in total. The van der Waals surface area contributed by atoms with Gasteiger partial charge in [0.1, 0.15) is 0 Å². The Labute approximate surface area is 119 Å². The third-order valence-corrected chi connectivity index (χ3v) is 3.13. The maximum absolute atomic E-state index is 10.6. The van der Waals surface area contributed by atoms with Crippen molar-refractivity contribution in [3.63, 3.8) is 0 Å². The molecule has 0 amide bonds. The Morgan fingerprint density at radius 3 is 2.57 bits per heavy atom. The van der Waals surface area contributed by atoms with Gasteiger partial charge in [0, 0.05) is 29.3 Å². The SMILES string of the molecule is O=[N+]([O-])c1ccc(N=Cc2c(O)[nH]c3ccccc23)cc1. The highest BCUT2D eigenvalue weighted by molar-refractivity contribution is 6.02. The van der Waals surface area contributed by atoms with E-state index in [9.17, 15) is 15.2 Å². The maximum atomic E-state index is 10.6. The molecule has 0 aliphatic carbocycles. The highest BCUT2D eigenvalue weighted by Crippen LogP contribution is 2.26. The lowest BCUT2D eigenvalue weighted by Gasteiger charge is -1.94. The first kappa shape index (κ1) is 12.9. The van der Waals surface area contributed by atoms with Gasteiger partial charge in [0.2, 0.25) is 0 Å². The number of aliphatic imine (C=N–C) groups is 1. The summed E-state index contributed by atoms with van der Waals surface area (Å²) in [6.45, 7) is 0. The second-order valence-corrected chi connectivity index (χ2v) is 4.46. The Hall–Kier alpha value is -3.15. The van der Waals surface area contributed by atoms with Gasteiger partial charge < -0.3 is 10.1 Å². The van der Waals surface area contributed by atoms with Crippen molar-refractivity contribution in [1.29, 1.82) is 0 Å². The number of fused-ring (bicyclic) bond motifs is 1. The highest BCUT2D eigenvalue weighted by Gasteiger charge is 2.08. The van der Waals surface area contributed by atoms with Crippen LogP contribution in [0.4, 0.5) is 11.4 Å². The molecule has 0 saturated carbocycles. The van der Waals surface area contributed by atoms with Crippen LogP contribution in [0.25, 0.3) is 10.9 Å². The van der Waals surface area contributed by atoms with E-state index >= 15 is 0 Å². The van der Waals surface area contributed by atoms with Gasteiger partial charge in [-0.05, 0) is 18.2 Å². The summed E-state index contributed by atoms with van der Waals surface area (Å²) in [6.07, 6.45) is 1.54. The molecule has 21 heavy (non-hydrogen) atoms. The van der Waals surface area contributed by atoms with Crippen molar-refractivity contribution < 1.29 is 10.0 Å². The molecule has 0 aliphatic heterocycles. The van der Waals surface area contributed by atoms with Gasteiger partial charge in [-0.25, -0.2) is 0 Å². The summed E-state index contributed by atoms with van der Waals surface area (Å²) in [5, 5.41) is 21.3. The first-order valence-electron chi connectivity index (χ1n) is 6.23. The van der Waals surface area contributed by atoms with Crippen LogP contribution in [0, 0.1) is 10.1 Å². The van der Waals surface area contributed by atoms with Gasteiger partial charge in [-0.3, -0.25) is 15.1 Å². The van der Waals surface area contributed by atoms with E-state index in [-0.39, 0.29) is 11.6 Å². The summed E-state index contributed by atoms with van der Waals surface area (Å²) >= 11 is 0. The van der Waals surface area contributed by atoms with Crippen LogP contribution in [0.3, 0.4) is 0 Å². The molecule has 0 aliphatic rings. The average molecular weight is 281 g/mol. The number of rotatable bonds is 3. The van der Waals surface area contributed by atoms with Crippen LogP contribution < -0.4 is 0 Å². The normalized spacial score (nSPS) is 11.2. The van der Waals surface area contributed by atoms with Gasteiger partial charge in [0.15, 0.2) is 5.88 Å². The molecule has 0 bridgehead atoms. The number of hydrogen-bond acceptors (Lipinski definition) is 4. The Morgan fingerprint density at radius 1 is 1.14 bits per heavy atom. The summed E-state index contributed by atoms with van der Waals surface area (Å²) in [7, 11) is 0. The van der Waals surface area contributed by atoms with Crippen molar-refractivity contribution in [3.8, 4) is 5.88 Å². The van der Waals surface area contributed by atoms with Crippen LogP contribution >= 0.6 is 0 Å². The fraction of sp³-hybridized carbons (Fsp3) is 0. The van der Waals surface area contributed by atoms with Gasteiger partial charge in [0.25, 0.3) is 5.69 Å². The number of aromatic nitrogens is 1. The van der Waals surface area contributed by atoms with E-state index in [1.165, 1.54) is 18.3 Å². The standard InChI is InChI=1S/C15H11N3O3/c19-15-13(12-3-1-2-4-14(12)17-15)9-16-10-5-7-11(8-6-10)18(20)21/h1-9,17,19H. The number of nitrogens with one attached hydrogen (secondary N) is 1. The molecule has 6 heteroatoms. The zero-order chi connectivity index (χ0) is 14.8. The molecule has 0 unspecified atom stereocenters. The molecule has 3 rings (SSSR count). The van der Waals surface area contributed by atoms with Crippen molar-refractivity contribution in [3.05, 3.63) is 64.2 Å². The number of non-ortho nitro benzene ring substituents is 1. The van der Waals surface area contributed by atoms with Gasteiger partial charge in [-0.15, -0.1) is 0 Å². The van der Waals surface area contributed by atoms with Crippen LogP contribution in [0.2, 0.25) is 0 Å². The molecule has 1 aromatic heterocycles. The minimum absolute atomic E-state index is 0.0175. The van der Waals surface area contributed by atoms with Crippen LogP contribution in [-0.4, -0.2) is 21.2 Å². The lowest BCUT2D eigenvalue weighted by atomic mass is 10.2. The molecule has 6 nitrogen and oxygen atoms in total. The third-order valence-electron chi connectivity index (χ3n) is 3.13. The second-order valence-electron chi connectivity index (χ2n) is 4.46. The van der Waals surface area contributed by atoms with E-state index in [1.54, 1.807) is 12.1 Å². The second kappa shape index (κ2) is 5.09. The largest absolute Gasteiger partial charge is 0.494 e. The molecule has 0 radical (unpaired) electrons. The lowest BCUT2D eigenvalue weighted by Crippen LogP contribution is -1.85.